The van der Waals surface area contributed by atoms with E-state index in [1.54, 1.807) is 0 Å². The largest absolute Gasteiger partial charge is 0.386 e. The lowest BCUT2D eigenvalue weighted by molar-refractivity contribution is -0.00314. The van der Waals surface area contributed by atoms with Gasteiger partial charge in [-0.1, -0.05) is 0 Å². The topological polar surface area (TPSA) is 32.3 Å². The van der Waals surface area contributed by atoms with Crippen LogP contribution in [0.3, 0.4) is 0 Å². The van der Waals surface area contributed by atoms with Crippen LogP contribution in [0.25, 0.3) is 0 Å². The van der Waals surface area contributed by atoms with Crippen LogP contribution in [0.1, 0.15) is 12.8 Å². The summed E-state index contributed by atoms with van der Waals surface area (Å²) in [5.74, 6) is 2.43. The SMILES string of the molecule is C#CCCCNCC(O)C(F)F. The number of aliphatic hydroxyl groups is 1. The Labute approximate surface area is 71.0 Å². The third-order valence-electron chi connectivity index (χ3n) is 1.32. The van der Waals surface area contributed by atoms with Crippen molar-refractivity contribution in [3.63, 3.8) is 0 Å². The van der Waals surface area contributed by atoms with Gasteiger partial charge in [0.05, 0.1) is 0 Å². The van der Waals surface area contributed by atoms with Crippen LogP contribution in [0.2, 0.25) is 0 Å². The first-order valence-electron chi connectivity index (χ1n) is 3.79. The van der Waals surface area contributed by atoms with Crippen LogP contribution < -0.4 is 5.32 Å². The molecule has 0 fully saturated rings. The summed E-state index contributed by atoms with van der Waals surface area (Å²) in [6.07, 6.45) is 2.09. The van der Waals surface area contributed by atoms with Gasteiger partial charge in [0.15, 0.2) is 0 Å². The van der Waals surface area contributed by atoms with Crippen LogP contribution in [0.4, 0.5) is 8.78 Å². The molecule has 0 aromatic carbocycles. The number of alkyl halides is 2. The summed E-state index contributed by atoms with van der Waals surface area (Å²) in [6.45, 7) is 0.482. The number of hydrogen-bond donors (Lipinski definition) is 2. The molecule has 0 saturated carbocycles. The van der Waals surface area contributed by atoms with Crippen LogP contribution in [0.15, 0.2) is 0 Å². The average molecular weight is 177 g/mol. The van der Waals surface area contributed by atoms with Gasteiger partial charge in [-0.25, -0.2) is 8.78 Å². The molecule has 1 unspecified atom stereocenters. The van der Waals surface area contributed by atoms with Gasteiger partial charge in [0, 0.05) is 13.0 Å². The van der Waals surface area contributed by atoms with Crippen molar-refractivity contribution in [1.29, 1.82) is 0 Å². The first-order chi connectivity index (χ1) is 5.68. The Morgan fingerprint density at radius 2 is 2.17 bits per heavy atom. The summed E-state index contributed by atoms with van der Waals surface area (Å²) in [5.41, 5.74) is 0. The van der Waals surface area contributed by atoms with Gasteiger partial charge in [0.2, 0.25) is 0 Å². The minimum absolute atomic E-state index is 0.0811. The molecule has 0 heterocycles. The Bertz CT molecular complexity index is 144. The molecule has 1 atom stereocenters. The Morgan fingerprint density at radius 1 is 1.50 bits per heavy atom. The van der Waals surface area contributed by atoms with Crippen LogP contribution in [0, 0.1) is 12.3 Å². The van der Waals surface area contributed by atoms with Crippen molar-refractivity contribution in [2.24, 2.45) is 0 Å². The predicted molar refractivity (Wildman–Crippen MR) is 42.9 cm³/mol. The van der Waals surface area contributed by atoms with Crippen molar-refractivity contribution in [3.8, 4) is 12.3 Å². The number of unbranched alkanes of at least 4 members (excludes halogenated alkanes) is 1. The monoisotopic (exact) mass is 177 g/mol. The second kappa shape index (κ2) is 7.01. The molecule has 0 aromatic rings. The molecule has 0 bridgehead atoms. The Hall–Kier alpha value is -0.660. The predicted octanol–water partition coefficient (Wildman–Crippen LogP) is 0.615. The molecule has 0 saturated heterocycles. The first kappa shape index (κ1) is 11.3. The molecular weight excluding hydrogens is 164 g/mol. The van der Waals surface area contributed by atoms with Crippen LogP contribution >= 0.6 is 0 Å². The summed E-state index contributed by atoms with van der Waals surface area (Å²) < 4.78 is 23.4. The maximum atomic E-state index is 11.7. The molecule has 0 aliphatic rings. The number of aliphatic hydroxyl groups excluding tert-OH is 1. The van der Waals surface area contributed by atoms with Gasteiger partial charge in [0.1, 0.15) is 6.10 Å². The fourth-order valence-corrected chi connectivity index (χ4v) is 0.654. The van der Waals surface area contributed by atoms with Crippen molar-refractivity contribution in [3.05, 3.63) is 0 Å². The maximum absolute atomic E-state index is 11.7. The van der Waals surface area contributed by atoms with Crippen LogP contribution in [-0.4, -0.2) is 30.7 Å². The fourth-order valence-electron chi connectivity index (χ4n) is 0.654. The van der Waals surface area contributed by atoms with E-state index < -0.39 is 12.5 Å². The lowest BCUT2D eigenvalue weighted by Gasteiger charge is -2.09. The van der Waals surface area contributed by atoms with Crippen molar-refractivity contribution in [2.45, 2.75) is 25.4 Å². The molecule has 12 heavy (non-hydrogen) atoms. The number of hydrogen-bond acceptors (Lipinski definition) is 2. The Balaban J connectivity index is 3.15. The van der Waals surface area contributed by atoms with E-state index in [0.29, 0.717) is 13.0 Å². The van der Waals surface area contributed by atoms with E-state index in [2.05, 4.69) is 11.2 Å². The molecule has 2 N–H and O–H groups in total. The van der Waals surface area contributed by atoms with Crippen LogP contribution in [-0.2, 0) is 0 Å². The van der Waals surface area contributed by atoms with Gasteiger partial charge in [-0.3, -0.25) is 0 Å². The number of rotatable bonds is 6. The molecule has 4 heteroatoms. The van der Waals surface area contributed by atoms with Gasteiger partial charge in [-0.2, -0.15) is 0 Å². The maximum Gasteiger partial charge on any atom is 0.265 e. The summed E-state index contributed by atoms with van der Waals surface area (Å²) in [5, 5.41) is 11.3. The van der Waals surface area contributed by atoms with Gasteiger partial charge < -0.3 is 10.4 Å². The number of halogens is 2. The summed E-state index contributed by atoms with van der Waals surface area (Å²) in [6, 6.07) is 0. The van der Waals surface area contributed by atoms with Gasteiger partial charge in [0.25, 0.3) is 6.43 Å². The Morgan fingerprint density at radius 3 is 2.67 bits per heavy atom. The lowest BCUT2D eigenvalue weighted by Crippen LogP contribution is -2.32. The highest BCUT2D eigenvalue weighted by Gasteiger charge is 2.15. The van der Waals surface area contributed by atoms with Gasteiger partial charge in [-0.05, 0) is 13.0 Å². The molecule has 70 valence electrons. The number of nitrogens with one attached hydrogen (secondary N) is 1. The van der Waals surface area contributed by atoms with Crippen LogP contribution in [0.5, 0.6) is 0 Å². The third kappa shape index (κ3) is 6.08. The molecular formula is C8H13F2NO. The molecule has 0 amide bonds. The smallest absolute Gasteiger partial charge is 0.265 e. The fraction of sp³-hybridized carbons (Fsp3) is 0.750. The van der Waals surface area contributed by atoms with E-state index in [4.69, 9.17) is 11.5 Å². The molecule has 2 nitrogen and oxygen atoms in total. The third-order valence-corrected chi connectivity index (χ3v) is 1.32. The molecule has 0 aliphatic heterocycles. The molecule has 0 aliphatic carbocycles. The molecule has 0 spiro atoms. The van der Waals surface area contributed by atoms with E-state index >= 15 is 0 Å². The summed E-state index contributed by atoms with van der Waals surface area (Å²) in [7, 11) is 0. The summed E-state index contributed by atoms with van der Waals surface area (Å²) in [4.78, 5) is 0. The minimum atomic E-state index is -2.68. The quantitative estimate of drug-likeness (QED) is 0.460. The standard InChI is InChI=1S/C8H13F2NO/c1-2-3-4-5-11-6-7(12)8(9)10/h1,7-8,11-12H,3-6H2. The lowest BCUT2D eigenvalue weighted by atomic mass is 10.3. The zero-order valence-corrected chi connectivity index (χ0v) is 6.76. The zero-order chi connectivity index (χ0) is 9.40. The van der Waals surface area contributed by atoms with Gasteiger partial charge >= 0.3 is 0 Å². The van der Waals surface area contributed by atoms with Crippen molar-refractivity contribution >= 4 is 0 Å². The molecule has 0 aromatic heterocycles. The van der Waals surface area contributed by atoms with E-state index in [1.807, 2.05) is 0 Å². The highest BCUT2D eigenvalue weighted by molar-refractivity contribution is 4.83. The summed E-state index contributed by atoms with van der Waals surface area (Å²) >= 11 is 0. The zero-order valence-electron chi connectivity index (χ0n) is 6.76. The van der Waals surface area contributed by atoms with E-state index in [0.717, 1.165) is 6.42 Å². The Kier molecular flexibility index (Phi) is 6.63. The molecule has 0 radical (unpaired) electrons. The second-order valence-corrected chi connectivity index (χ2v) is 2.41. The van der Waals surface area contributed by atoms with E-state index in [9.17, 15) is 8.78 Å². The van der Waals surface area contributed by atoms with E-state index in [1.165, 1.54) is 0 Å². The highest BCUT2D eigenvalue weighted by Crippen LogP contribution is 1.98. The number of terminal acetylenes is 1. The first-order valence-corrected chi connectivity index (χ1v) is 3.79. The highest BCUT2D eigenvalue weighted by atomic mass is 19.3. The van der Waals surface area contributed by atoms with E-state index in [-0.39, 0.29) is 6.54 Å². The van der Waals surface area contributed by atoms with Crippen molar-refractivity contribution in [2.75, 3.05) is 13.1 Å². The molecule has 0 rings (SSSR count). The normalized spacial score (nSPS) is 12.9. The van der Waals surface area contributed by atoms with Gasteiger partial charge in [-0.15, -0.1) is 12.3 Å². The second-order valence-electron chi connectivity index (χ2n) is 2.41. The average Bonchev–Trinajstić information content (AvgIpc) is 2.03. The van der Waals surface area contributed by atoms with Crippen molar-refractivity contribution in [1.82, 2.24) is 5.32 Å². The van der Waals surface area contributed by atoms with Crippen molar-refractivity contribution < 1.29 is 13.9 Å². The minimum Gasteiger partial charge on any atom is -0.386 e.